The number of halogens is 1. The maximum atomic E-state index is 13.3. The molecule has 6 heteroatoms. The molecule has 1 aliphatic heterocycles. The van der Waals surface area contributed by atoms with E-state index in [1.165, 1.54) is 19.2 Å². The summed E-state index contributed by atoms with van der Waals surface area (Å²) < 4.78 is 23.8. The Morgan fingerprint density at radius 3 is 2.64 bits per heavy atom. The second-order valence-corrected chi connectivity index (χ2v) is 6.10. The van der Waals surface area contributed by atoms with Gasteiger partial charge in [0.1, 0.15) is 5.82 Å². The number of carbonyl (C=O) groups is 1. The van der Waals surface area contributed by atoms with Crippen LogP contribution in [0, 0.1) is 5.82 Å². The van der Waals surface area contributed by atoms with E-state index < -0.39 is 5.54 Å². The molecule has 0 atom stereocenters. The molecule has 5 nitrogen and oxygen atoms in total. The van der Waals surface area contributed by atoms with Gasteiger partial charge in [0.2, 0.25) is 11.8 Å². The van der Waals surface area contributed by atoms with Gasteiger partial charge in [0.15, 0.2) is 0 Å². The highest BCUT2D eigenvalue weighted by Gasteiger charge is 2.36. The number of pyridine rings is 1. The van der Waals surface area contributed by atoms with Gasteiger partial charge in [-0.25, -0.2) is 9.37 Å². The third-order valence-corrected chi connectivity index (χ3v) is 4.45. The maximum Gasteiger partial charge on any atom is 0.226 e. The molecule has 0 aliphatic carbocycles. The third kappa shape index (κ3) is 4.14. The number of methoxy groups -OCH3 is 1. The Morgan fingerprint density at radius 1 is 1.24 bits per heavy atom. The Hall–Kier alpha value is -2.47. The van der Waals surface area contributed by atoms with Crippen LogP contribution in [0.1, 0.15) is 24.1 Å². The first-order valence-electron chi connectivity index (χ1n) is 8.26. The van der Waals surface area contributed by atoms with E-state index in [9.17, 15) is 9.18 Å². The van der Waals surface area contributed by atoms with Crippen LogP contribution >= 0.6 is 0 Å². The molecule has 1 N–H and O–H groups in total. The molecule has 0 radical (unpaired) electrons. The minimum atomic E-state index is -0.540. The monoisotopic (exact) mass is 344 g/mol. The average molecular weight is 344 g/mol. The summed E-state index contributed by atoms with van der Waals surface area (Å²) in [7, 11) is 1.54. The number of nitrogens with one attached hydrogen (secondary N) is 1. The molecule has 25 heavy (non-hydrogen) atoms. The minimum absolute atomic E-state index is 0.132. The van der Waals surface area contributed by atoms with Gasteiger partial charge in [-0.2, -0.15) is 0 Å². The summed E-state index contributed by atoms with van der Waals surface area (Å²) in [5.41, 5.74) is 0.990. The van der Waals surface area contributed by atoms with Crippen molar-refractivity contribution in [3.05, 3.63) is 59.5 Å². The molecule has 1 aromatic heterocycles. The fourth-order valence-corrected chi connectivity index (χ4v) is 3.12. The first kappa shape index (κ1) is 17.4. The van der Waals surface area contributed by atoms with E-state index in [2.05, 4.69) is 10.3 Å². The number of aromatic nitrogens is 1. The molecule has 0 unspecified atom stereocenters. The van der Waals surface area contributed by atoms with Crippen LogP contribution in [0.15, 0.2) is 42.5 Å². The van der Waals surface area contributed by atoms with Gasteiger partial charge in [0, 0.05) is 19.3 Å². The predicted octanol–water partition coefficient (Wildman–Crippen LogP) is 2.59. The molecule has 0 saturated carbocycles. The Labute approximate surface area is 146 Å². The number of hydrogen-bond acceptors (Lipinski definition) is 4. The molecule has 1 saturated heterocycles. The summed E-state index contributed by atoms with van der Waals surface area (Å²) in [5.74, 6) is 0.0504. The number of hydrogen-bond donors (Lipinski definition) is 1. The lowest BCUT2D eigenvalue weighted by Crippen LogP contribution is -2.50. The van der Waals surface area contributed by atoms with Crippen molar-refractivity contribution < 1.29 is 18.7 Å². The van der Waals surface area contributed by atoms with Crippen molar-refractivity contribution in [1.82, 2.24) is 10.3 Å². The van der Waals surface area contributed by atoms with Gasteiger partial charge in [-0.3, -0.25) is 4.79 Å². The van der Waals surface area contributed by atoms with Gasteiger partial charge in [0.05, 0.1) is 24.8 Å². The summed E-state index contributed by atoms with van der Waals surface area (Å²) >= 11 is 0. The number of benzene rings is 1. The van der Waals surface area contributed by atoms with Crippen molar-refractivity contribution in [2.75, 3.05) is 20.3 Å². The Kier molecular flexibility index (Phi) is 5.28. The van der Waals surface area contributed by atoms with Gasteiger partial charge in [-0.1, -0.05) is 18.2 Å². The Balaban J connectivity index is 1.77. The maximum absolute atomic E-state index is 13.3. The topological polar surface area (TPSA) is 60.5 Å². The molecule has 0 bridgehead atoms. The van der Waals surface area contributed by atoms with Crippen molar-refractivity contribution in [2.45, 2.75) is 24.8 Å². The highest BCUT2D eigenvalue weighted by atomic mass is 19.1. The largest absolute Gasteiger partial charge is 0.481 e. The first-order valence-corrected chi connectivity index (χ1v) is 8.26. The SMILES string of the molecule is COc1cccc(CC(=O)NC2(c3ccc(F)cc3)CCOCC2)n1. The summed E-state index contributed by atoms with van der Waals surface area (Å²) in [6, 6.07) is 11.6. The van der Waals surface area contributed by atoms with Gasteiger partial charge in [-0.15, -0.1) is 0 Å². The van der Waals surface area contributed by atoms with Crippen LogP contribution in [0.25, 0.3) is 0 Å². The summed E-state index contributed by atoms with van der Waals surface area (Å²) in [4.78, 5) is 16.9. The smallest absolute Gasteiger partial charge is 0.226 e. The fraction of sp³-hybridized carbons (Fsp3) is 0.368. The minimum Gasteiger partial charge on any atom is -0.481 e. The van der Waals surface area contributed by atoms with E-state index in [1.54, 1.807) is 30.3 Å². The molecule has 2 heterocycles. The van der Waals surface area contributed by atoms with Crippen molar-refractivity contribution >= 4 is 5.91 Å². The number of ether oxygens (including phenoxy) is 2. The first-order chi connectivity index (χ1) is 12.1. The van der Waals surface area contributed by atoms with Crippen molar-refractivity contribution in [1.29, 1.82) is 0 Å². The van der Waals surface area contributed by atoms with Gasteiger partial charge in [0.25, 0.3) is 0 Å². The summed E-state index contributed by atoms with van der Waals surface area (Å²) in [6.07, 6.45) is 1.45. The van der Waals surface area contributed by atoms with Crippen LogP contribution in [0.3, 0.4) is 0 Å². The normalized spacial score (nSPS) is 16.2. The lowest BCUT2D eigenvalue weighted by Gasteiger charge is -2.38. The Morgan fingerprint density at radius 2 is 1.96 bits per heavy atom. The van der Waals surface area contributed by atoms with Gasteiger partial charge in [-0.05, 0) is 36.6 Å². The van der Waals surface area contributed by atoms with E-state index in [0.29, 0.717) is 37.6 Å². The molecule has 3 rings (SSSR count). The van der Waals surface area contributed by atoms with Crippen molar-refractivity contribution in [3.63, 3.8) is 0 Å². The van der Waals surface area contributed by atoms with E-state index in [4.69, 9.17) is 9.47 Å². The quantitative estimate of drug-likeness (QED) is 0.906. The standard InChI is InChI=1S/C19H21FN2O3/c1-24-18-4-2-3-16(21-18)13-17(23)22-19(9-11-25-12-10-19)14-5-7-15(20)8-6-14/h2-8H,9-13H2,1H3,(H,22,23). The zero-order valence-corrected chi connectivity index (χ0v) is 14.1. The lowest BCUT2D eigenvalue weighted by molar-refractivity contribution is -0.123. The third-order valence-electron chi connectivity index (χ3n) is 4.45. The van der Waals surface area contributed by atoms with Crippen LogP contribution in [0.4, 0.5) is 4.39 Å². The fourth-order valence-electron chi connectivity index (χ4n) is 3.12. The second-order valence-electron chi connectivity index (χ2n) is 6.10. The van der Waals surface area contributed by atoms with E-state index in [0.717, 1.165) is 5.56 Å². The number of nitrogens with zero attached hydrogens (tertiary/aromatic N) is 1. The lowest BCUT2D eigenvalue weighted by atomic mass is 9.82. The number of rotatable bonds is 5. The van der Waals surface area contributed by atoms with Crippen LogP contribution in [0.5, 0.6) is 5.88 Å². The summed E-state index contributed by atoms with van der Waals surface area (Å²) in [6.45, 7) is 1.10. The molecule has 1 fully saturated rings. The van der Waals surface area contributed by atoms with E-state index in [1.807, 2.05) is 0 Å². The number of amides is 1. The predicted molar refractivity (Wildman–Crippen MR) is 90.8 cm³/mol. The van der Waals surface area contributed by atoms with Crippen molar-refractivity contribution in [3.8, 4) is 5.88 Å². The molecule has 1 aliphatic rings. The zero-order chi connectivity index (χ0) is 17.7. The van der Waals surface area contributed by atoms with Gasteiger partial charge >= 0.3 is 0 Å². The molecular weight excluding hydrogens is 323 g/mol. The molecule has 0 spiro atoms. The van der Waals surface area contributed by atoms with Crippen LogP contribution in [-0.2, 0) is 21.5 Å². The average Bonchev–Trinajstić information content (AvgIpc) is 2.63. The van der Waals surface area contributed by atoms with Crippen LogP contribution < -0.4 is 10.1 Å². The molecule has 1 amide bonds. The second kappa shape index (κ2) is 7.61. The van der Waals surface area contributed by atoms with E-state index in [-0.39, 0.29) is 18.1 Å². The van der Waals surface area contributed by atoms with Crippen LogP contribution in [-0.4, -0.2) is 31.2 Å². The number of carbonyl (C=O) groups excluding carboxylic acids is 1. The molecule has 2 aromatic rings. The molecule has 1 aromatic carbocycles. The molecule has 132 valence electrons. The van der Waals surface area contributed by atoms with E-state index >= 15 is 0 Å². The van der Waals surface area contributed by atoms with Crippen molar-refractivity contribution in [2.24, 2.45) is 0 Å². The highest BCUT2D eigenvalue weighted by Crippen LogP contribution is 2.32. The zero-order valence-electron chi connectivity index (χ0n) is 14.1. The summed E-state index contributed by atoms with van der Waals surface area (Å²) in [5, 5.41) is 3.13. The van der Waals surface area contributed by atoms with Crippen LogP contribution in [0.2, 0.25) is 0 Å². The Bertz CT molecular complexity index is 728. The molecular formula is C19H21FN2O3. The highest BCUT2D eigenvalue weighted by molar-refractivity contribution is 5.79. The van der Waals surface area contributed by atoms with Gasteiger partial charge < -0.3 is 14.8 Å².